The van der Waals surface area contributed by atoms with Crippen molar-refractivity contribution in [3.05, 3.63) is 33.4 Å². The maximum Gasteiger partial charge on any atom is 0.247 e. The van der Waals surface area contributed by atoms with E-state index in [0.29, 0.717) is 39.6 Å². The van der Waals surface area contributed by atoms with Crippen LogP contribution in [-0.4, -0.2) is 39.6 Å². The molecular weight excluding hydrogens is 706 g/mol. The van der Waals surface area contributed by atoms with Crippen molar-refractivity contribution in [3.8, 4) is 0 Å². The van der Waals surface area contributed by atoms with Gasteiger partial charge >= 0.3 is 0 Å². The largest absolute Gasteiger partial charge is 0.321 e. The number of hydrogen-bond acceptors (Lipinski definition) is 12. The Morgan fingerprint density at radius 2 is 0.667 bits per heavy atom. The molecule has 3 saturated heterocycles. The Labute approximate surface area is 280 Å². The molecule has 0 aromatic heterocycles. The molecule has 3 fully saturated rings. The average Bonchev–Trinajstić information content (AvgIpc) is 2.90. The van der Waals surface area contributed by atoms with Gasteiger partial charge in [0.1, 0.15) is 0 Å². The molecule has 0 atom stereocenters. The second-order valence-electron chi connectivity index (χ2n) is 13.6. The first-order chi connectivity index (χ1) is 19.3. The Balaban J connectivity index is 1.60. The summed E-state index contributed by atoms with van der Waals surface area (Å²) in [6.07, 6.45) is 0. The Hall–Kier alpha value is 1.98. The van der Waals surface area contributed by atoms with E-state index in [0.717, 1.165) is 17.3 Å². The van der Waals surface area contributed by atoms with Crippen LogP contribution in [0.3, 0.4) is 0 Å². The standard InChI is InChI=1S/C27H45O6P3S6/c1-19-22(10-40-34(37)28-13-25(4,5)14-29-34)20(2)24(12-42-36(39)32-17-27(8,9)18-33-36)21(3)23(19)11-41-35(38)30-15-26(6,7)16-31-35/h10-18H2,1-9H3. The summed E-state index contributed by atoms with van der Waals surface area (Å²) in [4.78, 5) is 0. The van der Waals surface area contributed by atoms with Gasteiger partial charge < -0.3 is 27.1 Å². The Kier molecular flexibility index (Phi) is 12.1. The van der Waals surface area contributed by atoms with Crippen LogP contribution in [0.5, 0.6) is 0 Å². The van der Waals surface area contributed by atoms with E-state index < -0.39 is 17.1 Å². The van der Waals surface area contributed by atoms with Gasteiger partial charge in [0.25, 0.3) is 0 Å². The van der Waals surface area contributed by atoms with Crippen molar-refractivity contribution < 1.29 is 27.1 Å². The first kappa shape index (κ1) is 36.8. The van der Waals surface area contributed by atoms with Crippen LogP contribution in [0.15, 0.2) is 0 Å². The summed E-state index contributed by atoms with van der Waals surface area (Å²) >= 11 is 22.6. The summed E-state index contributed by atoms with van der Waals surface area (Å²) in [5.74, 6) is 2.15. The van der Waals surface area contributed by atoms with Gasteiger partial charge in [0, 0.05) is 33.5 Å². The third-order valence-corrected chi connectivity index (χ3v) is 23.0. The normalized spacial score (nSPS) is 25.6. The summed E-state index contributed by atoms with van der Waals surface area (Å²) < 4.78 is 36.9. The zero-order valence-corrected chi connectivity index (χ0v) is 33.7. The smallest absolute Gasteiger partial charge is 0.247 e. The lowest BCUT2D eigenvalue weighted by atomic mass is 9.90. The highest BCUT2D eigenvalue weighted by Crippen LogP contribution is 2.68. The van der Waals surface area contributed by atoms with Crippen molar-refractivity contribution >= 4 is 86.6 Å². The quantitative estimate of drug-likeness (QED) is 0.226. The minimum absolute atomic E-state index is 0.0170. The fourth-order valence-corrected chi connectivity index (χ4v) is 17.6. The Bertz CT molecular complexity index is 1110. The molecule has 42 heavy (non-hydrogen) atoms. The van der Waals surface area contributed by atoms with Gasteiger partial charge in [-0.15, -0.1) is 0 Å². The fraction of sp³-hybridized carbons (Fsp3) is 0.778. The van der Waals surface area contributed by atoms with Crippen LogP contribution in [0.1, 0.15) is 74.9 Å². The van der Waals surface area contributed by atoms with Crippen molar-refractivity contribution in [2.45, 2.75) is 79.6 Å². The molecule has 0 saturated carbocycles. The first-order valence-corrected chi connectivity index (χ1v) is 26.7. The topological polar surface area (TPSA) is 55.4 Å². The zero-order valence-electron chi connectivity index (χ0n) is 26.1. The van der Waals surface area contributed by atoms with Gasteiger partial charge in [-0.1, -0.05) is 75.7 Å². The highest BCUT2D eigenvalue weighted by atomic mass is 32.9. The van der Waals surface area contributed by atoms with Crippen LogP contribution >= 0.6 is 51.2 Å². The summed E-state index contributed by atoms with van der Waals surface area (Å²) in [6, 6.07) is 0. The van der Waals surface area contributed by atoms with E-state index in [4.69, 9.17) is 62.6 Å². The van der Waals surface area contributed by atoms with Gasteiger partial charge in [-0.3, -0.25) is 0 Å². The van der Waals surface area contributed by atoms with Gasteiger partial charge in [0.15, 0.2) is 0 Å². The molecule has 3 aliphatic heterocycles. The van der Waals surface area contributed by atoms with Gasteiger partial charge in [-0.25, -0.2) is 0 Å². The first-order valence-electron chi connectivity index (χ1n) is 14.0. The zero-order chi connectivity index (χ0) is 31.2. The minimum Gasteiger partial charge on any atom is -0.321 e. The lowest BCUT2D eigenvalue weighted by molar-refractivity contribution is 0.0671. The summed E-state index contributed by atoms with van der Waals surface area (Å²) in [7, 11) is 0. The molecule has 0 amide bonds. The van der Waals surface area contributed by atoms with Gasteiger partial charge in [0.05, 0.1) is 39.6 Å². The highest BCUT2D eigenvalue weighted by Gasteiger charge is 2.37. The van der Waals surface area contributed by atoms with Crippen molar-refractivity contribution in [1.82, 2.24) is 0 Å². The molecule has 0 aliphatic carbocycles. The SMILES string of the molecule is Cc1c(CSP2(=S)OCC(C)(C)CO2)c(C)c(CSP2(=S)OCC(C)(C)CO2)c(C)c1CSP1(=S)OCC(C)(C)CO1. The molecule has 4 rings (SSSR count). The summed E-state index contributed by atoms with van der Waals surface area (Å²) in [5.41, 5.74) is 0.248. The fourth-order valence-electron chi connectivity index (χ4n) is 4.45. The number of rotatable bonds is 9. The molecule has 0 spiro atoms. The van der Waals surface area contributed by atoms with E-state index in [2.05, 4.69) is 62.3 Å². The van der Waals surface area contributed by atoms with Crippen molar-refractivity contribution in [3.63, 3.8) is 0 Å². The third-order valence-electron chi connectivity index (χ3n) is 7.50. The molecule has 0 bridgehead atoms. The Morgan fingerprint density at radius 1 is 0.476 bits per heavy atom. The van der Waals surface area contributed by atoms with E-state index in [1.54, 1.807) is 34.1 Å². The maximum absolute atomic E-state index is 6.15. The maximum atomic E-state index is 6.15. The predicted molar refractivity (Wildman–Crippen MR) is 194 cm³/mol. The Morgan fingerprint density at radius 3 is 0.857 bits per heavy atom. The predicted octanol–water partition coefficient (Wildman–Crippen LogP) is 10.2. The van der Waals surface area contributed by atoms with Gasteiger partial charge in [0.2, 0.25) is 17.1 Å². The van der Waals surface area contributed by atoms with E-state index >= 15 is 0 Å². The lowest BCUT2D eigenvalue weighted by Gasteiger charge is -2.37. The van der Waals surface area contributed by atoms with Crippen LogP contribution in [0.2, 0.25) is 0 Å². The second kappa shape index (κ2) is 13.8. The molecule has 0 radical (unpaired) electrons. The lowest BCUT2D eigenvalue weighted by Crippen LogP contribution is -2.28. The molecule has 15 heteroatoms. The molecular formula is C27H45O6P3S6. The second-order valence-corrected chi connectivity index (χ2v) is 32.5. The van der Waals surface area contributed by atoms with E-state index in [1.165, 1.54) is 33.4 Å². The third kappa shape index (κ3) is 9.54. The molecule has 1 aromatic carbocycles. The molecule has 3 aliphatic rings. The van der Waals surface area contributed by atoms with Crippen LogP contribution < -0.4 is 0 Å². The van der Waals surface area contributed by atoms with E-state index in [1.807, 2.05) is 0 Å². The van der Waals surface area contributed by atoms with Crippen molar-refractivity contribution in [1.29, 1.82) is 0 Å². The molecule has 0 unspecified atom stereocenters. The minimum atomic E-state index is -2.42. The van der Waals surface area contributed by atoms with E-state index in [9.17, 15) is 0 Å². The van der Waals surface area contributed by atoms with Crippen molar-refractivity contribution in [2.24, 2.45) is 16.2 Å². The summed E-state index contributed by atoms with van der Waals surface area (Å²) in [5, 5.41) is 0. The van der Waals surface area contributed by atoms with Crippen LogP contribution in [0.25, 0.3) is 0 Å². The highest BCUT2D eigenvalue weighted by molar-refractivity contribution is 8.68. The van der Waals surface area contributed by atoms with Crippen molar-refractivity contribution in [2.75, 3.05) is 39.6 Å². The van der Waals surface area contributed by atoms with Gasteiger partial charge in [-0.05, 0) is 89.6 Å². The molecule has 3 heterocycles. The van der Waals surface area contributed by atoms with E-state index in [-0.39, 0.29) is 16.2 Å². The summed E-state index contributed by atoms with van der Waals surface area (Å²) in [6.45, 7) is 23.2. The number of hydrogen-bond donors (Lipinski definition) is 0. The van der Waals surface area contributed by atoms with Crippen LogP contribution in [0.4, 0.5) is 0 Å². The molecule has 0 N–H and O–H groups in total. The van der Waals surface area contributed by atoms with Crippen LogP contribution in [-0.2, 0) is 79.8 Å². The number of benzene rings is 1. The van der Waals surface area contributed by atoms with Crippen LogP contribution in [0, 0.1) is 37.0 Å². The molecule has 1 aromatic rings. The molecule has 6 nitrogen and oxygen atoms in total. The average molecular weight is 751 g/mol. The monoisotopic (exact) mass is 750 g/mol. The molecule has 240 valence electrons. The van der Waals surface area contributed by atoms with Gasteiger partial charge in [-0.2, -0.15) is 0 Å².